The Morgan fingerprint density at radius 3 is 1.56 bits per heavy atom. The standard InChI is InChI=1S/C60H39NO/c1-4-23-49-41(14-1)17-11-27-51(49)45-20-9-19-44(38-45)40-32-35-47(36-33-40)61(48-22-10-21-46(39-48)52-28-12-18-42-15-2-5-24-50(42)52)57-30-8-7-26-54(57)55-29-13-31-58-59(55)56-37-34-43-16-3-6-25-53(43)60(56)62-58/h1-39H. The van der Waals surface area contributed by atoms with Crippen LogP contribution >= 0.6 is 0 Å². The van der Waals surface area contributed by atoms with E-state index in [2.05, 4.69) is 241 Å². The molecule has 290 valence electrons. The normalized spacial score (nSPS) is 11.5. The highest BCUT2D eigenvalue weighted by atomic mass is 16.3. The third-order valence-electron chi connectivity index (χ3n) is 12.4. The molecule has 11 aromatic carbocycles. The number of anilines is 3. The molecule has 0 N–H and O–H groups in total. The number of nitrogens with zero attached hydrogens (tertiary/aromatic N) is 1. The first-order chi connectivity index (χ1) is 30.7. The Morgan fingerprint density at radius 2 is 0.823 bits per heavy atom. The minimum absolute atomic E-state index is 0.878. The van der Waals surface area contributed by atoms with E-state index in [-0.39, 0.29) is 0 Å². The Bertz CT molecular complexity index is 3640. The maximum Gasteiger partial charge on any atom is 0.143 e. The fourth-order valence-electron chi connectivity index (χ4n) is 9.54. The molecule has 0 unspecified atom stereocenters. The van der Waals surface area contributed by atoms with Crippen LogP contribution < -0.4 is 4.90 Å². The second-order valence-electron chi connectivity index (χ2n) is 16.0. The van der Waals surface area contributed by atoms with Crippen LogP contribution in [0.15, 0.2) is 241 Å². The SMILES string of the molecule is c1cc(-c2ccc(N(c3cccc(-c4cccc5ccccc45)c3)c3ccccc3-c3cccc4oc5c6ccccc6ccc5c34)cc2)cc(-c2cccc3ccccc23)c1. The Hall–Kier alpha value is -8.20. The third-order valence-corrected chi connectivity index (χ3v) is 12.4. The van der Waals surface area contributed by atoms with Crippen LogP contribution in [0.3, 0.4) is 0 Å². The lowest BCUT2D eigenvalue weighted by molar-refractivity contribution is 0.673. The van der Waals surface area contributed by atoms with Crippen LogP contribution in [0.1, 0.15) is 0 Å². The summed E-state index contributed by atoms with van der Waals surface area (Å²) in [5.41, 5.74) is 14.4. The molecule has 0 atom stereocenters. The number of benzene rings is 11. The van der Waals surface area contributed by atoms with E-state index in [0.29, 0.717) is 0 Å². The van der Waals surface area contributed by atoms with E-state index in [1.54, 1.807) is 0 Å². The molecule has 0 radical (unpaired) electrons. The fraction of sp³-hybridized carbons (Fsp3) is 0. The average molecular weight is 790 g/mol. The first-order valence-corrected chi connectivity index (χ1v) is 21.2. The van der Waals surface area contributed by atoms with Gasteiger partial charge in [0.15, 0.2) is 0 Å². The molecule has 0 saturated carbocycles. The second-order valence-corrected chi connectivity index (χ2v) is 16.0. The smallest absolute Gasteiger partial charge is 0.143 e. The van der Waals surface area contributed by atoms with Gasteiger partial charge in [0.1, 0.15) is 11.2 Å². The maximum atomic E-state index is 6.70. The Labute approximate surface area is 360 Å². The highest BCUT2D eigenvalue weighted by Gasteiger charge is 2.22. The van der Waals surface area contributed by atoms with E-state index in [1.807, 2.05) is 0 Å². The fourth-order valence-corrected chi connectivity index (χ4v) is 9.54. The van der Waals surface area contributed by atoms with Crippen LogP contribution in [0.5, 0.6) is 0 Å². The van der Waals surface area contributed by atoms with Crippen LogP contribution in [0.2, 0.25) is 0 Å². The average Bonchev–Trinajstić information content (AvgIpc) is 3.74. The molecule has 1 aromatic heterocycles. The number of rotatable bonds is 7. The summed E-state index contributed by atoms with van der Waals surface area (Å²) in [5.74, 6) is 0. The number of para-hydroxylation sites is 1. The molecule has 62 heavy (non-hydrogen) atoms. The largest absolute Gasteiger partial charge is 0.455 e. The predicted octanol–water partition coefficient (Wildman–Crippen LogP) is 17.2. The van der Waals surface area contributed by atoms with Crippen molar-refractivity contribution in [3.63, 3.8) is 0 Å². The van der Waals surface area contributed by atoms with E-state index in [1.165, 1.54) is 54.7 Å². The van der Waals surface area contributed by atoms with Crippen LogP contribution in [-0.4, -0.2) is 0 Å². The number of furan rings is 1. The molecule has 12 aromatic rings. The highest BCUT2D eigenvalue weighted by molar-refractivity contribution is 6.20. The molecule has 12 rings (SSSR count). The molecule has 0 aliphatic heterocycles. The lowest BCUT2D eigenvalue weighted by atomic mass is 9.94. The van der Waals surface area contributed by atoms with Crippen molar-refractivity contribution in [3.8, 4) is 44.5 Å². The number of hydrogen-bond acceptors (Lipinski definition) is 2. The summed E-state index contributed by atoms with van der Waals surface area (Å²) in [6.45, 7) is 0. The first-order valence-electron chi connectivity index (χ1n) is 21.2. The quantitative estimate of drug-likeness (QED) is 0.160. The summed E-state index contributed by atoms with van der Waals surface area (Å²) >= 11 is 0. The lowest BCUT2D eigenvalue weighted by Gasteiger charge is -2.28. The third kappa shape index (κ3) is 6.04. The molecule has 0 amide bonds. The zero-order valence-electron chi connectivity index (χ0n) is 33.9. The lowest BCUT2D eigenvalue weighted by Crippen LogP contribution is -2.11. The van der Waals surface area contributed by atoms with Gasteiger partial charge in [0, 0.05) is 33.1 Å². The molecule has 0 bridgehead atoms. The van der Waals surface area contributed by atoms with Gasteiger partial charge in [-0.1, -0.05) is 188 Å². The summed E-state index contributed by atoms with van der Waals surface area (Å²) in [5, 5.41) is 9.49. The van der Waals surface area contributed by atoms with Crippen LogP contribution in [0, 0.1) is 0 Å². The van der Waals surface area contributed by atoms with Gasteiger partial charge in [-0.05, 0) is 114 Å². The summed E-state index contributed by atoms with van der Waals surface area (Å²) in [6, 6.07) is 85.5. The van der Waals surface area contributed by atoms with Gasteiger partial charge in [0.05, 0.1) is 5.69 Å². The van der Waals surface area contributed by atoms with Gasteiger partial charge in [-0.25, -0.2) is 0 Å². The van der Waals surface area contributed by atoms with Gasteiger partial charge >= 0.3 is 0 Å². The molecule has 0 aliphatic carbocycles. The maximum absolute atomic E-state index is 6.70. The molecule has 0 spiro atoms. The Kier molecular flexibility index (Phi) is 8.53. The molecular weight excluding hydrogens is 751 g/mol. The predicted molar refractivity (Wildman–Crippen MR) is 263 cm³/mol. The van der Waals surface area contributed by atoms with E-state index < -0.39 is 0 Å². The van der Waals surface area contributed by atoms with Crippen molar-refractivity contribution in [2.75, 3.05) is 4.90 Å². The van der Waals surface area contributed by atoms with Crippen molar-refractivity contribution in [2.24, 2.45) is 0 Å². The summed E-state index contributed by atoms with van der Waals surface area (Å²) < 4.78 is 6.70. The first kappa shape index (κ1) is 35.7. The van der Waals surface area contributed by atoms with Gasteiger partial charge in [-0.3, -0.25) is 0 Å². The second kappa shape index (κ2) is 14.8. The number of fused-ring (bicyclic) bond motifs is 7. The molecule has 0 saturated heterocycles. The zero-order chi connectivity index (χ0) is 41.0. The van der Waals surface area contributed by atoms with Gasteiger partial charge in [0.25, 0.3) is 0 Å². The van der Waals surface area contributed by atoms with Crippen molar-refractivity contribution >= 4 is 71.3 Å². The minimum atomic E-state index is 0.878. The zero-order valence-corrected chi connectivity index (χ0v) is 33.9. The topological polar surface area (TPSA) is 16.4 Å². The van der Waals surface area contributed by atoms with E-state index in [0.717, 1.165) is 61.1 Å². The molecule has 0 aliphatic rings. The molecule has 2 nitrogen and oxygen atoms in total. The van der Waals surface area contributed by atoms with Crippen molar-refractivity contribution < 1.29 is 4.42 Å². The van der Waals surface area contributed by atoms with Gasteiger partial charge in [-0.15, -0.1) is 0 Å². The summed E-state index contributed by atoms with van der Waals surface area (Å²) in [4.78, 5) is 2.41. The van der Waals surface area contributed by atoms with E-state index in [9.17, 15) is 0 Å². The van der Waals surface area contributed by atoms with Gasteiger partial charge in [0.2, 0.25) is 0 Å². The van der Waals surface area contributed by atoms with Crippen molar-refractivity contribution in [1.29, 1.82) is 0 Å². The number of hydrogen-bond donors (Lipinski definition) is 0. The van der Waals surface area contributed by atoms with E-state index in [4.69, 9.17) is 4.42 Å². The van der Waals surface area contributed by atoms with Gasteiger partial charge < -0.3 is 9.32 Å². The van der Waals surface area contributed by atoms with Crippen molar-refractivity contribution in [1.82, 2.24) is 0 Å². The molecular formula is C60H39NO. The molecule has 2 heteroatoms. The molecule has 1 heterocycles. The summed E-state index contributed by atoms with van der Waals surface area (Å²) in [6.07, 6.45) is 0. The van der Waals surface area contributed by atoms with Crippen LogP contribution in [-0.2, 0) is 0 Å². The Morgan fingerprint density at radius 1 is 0.290 bits per heavy atom. The van der Waals surface area contributed by atoms with Crippen LogP contribution in [0.25, 0.3) is 98.8 Å². The molecule has 0 fully saturated rings. The Balaban J connectivity index is 1.03. The van der Waals surface area contributed by atoms with Gasteiger partial charge in [-0.2, -0.15) is 0 Å². The van der Waals surface area contributed by atoms with Crippen molar-refractivity contribution in [2.45, 2.75) is 0 Å². The summed E-state index contributed by atoms with van der Waals surface area (Å²) in [7, 11) is 0. The van der Waals surface area contributed by atoms with Crippen molar-refractivity contribution in [3.05, 3.63) is 237 Å². The minimum Gasteiger partial charge on any atom is -0.455 e. The van der Waals surface area contributed by atoms with E-state index >= 15 is 0 Å². The monoisotopic (exact) mass is 789 g/mol. The van der Waals surface area contributed by atoms with Crippen LogP contribution in [0.4, 0.5) is 17.1 Å². The highest BCUT2D eigenvalue weighted by Crippen LogP contribution is 2.46.